The smallest absolute Gasteiger partial charge is 0.234 e. The molecule has 9 heteroatoms. The summed E-state index contributed by atoms with van der Waals surface area (Å²) in [5.74, 6) is 0.333. The van der Waals surface area contributed by atoms with Crippen LogP contribution >= 0.6 is 23.5 Å². The van der Waals surface area contributed by atoms with E-state index in [0.717, 1.165) is 21.7 Å². The second-order valence-electron chi connectivity index (χ2n) is 5.87. The van der Waals surface area contributed by atoms with Gasteiger partial charge >= 0.3 is 0 Å². The fourth-order valence-electron chi connectivity index (χ4n) is 2.51. The lowest BCUT2D eigenvalue weighted by Gasteiger charge is -2.10. The number of thioether (sulfide) groups is 2. The molecule has 1 N–H and O–H groups in total. The van der Waals surface area contributed by atoms with Gasteiger partial charge in [-0.1, -0.05) is 36.0 Å². The molecule has 1 aromatic heterocycles. The van der Waals surface area contributed by atoms with E-state index in [2.05, 4.69) is 26.9 Å². The molecule has 0 unspecified atom stereocenters. The largest absolute Gasteiger partial charge is 0.324 e. The van der Waals surface area contributed by atoms with Crippen LogP contribution in [0.4, 0.5) is 5.69 Å². The molecule has 0 fully saturated rings. The highest BCUT2D eigenvalue weighted by Gasteiger charge is 2.14. The lowest BCUT2D eigenvalue weighted by molar-refractivity contribution is -0.113. The molecule has 0 aliphatic rings. The molecule has 0 aliphatic heterocycles. The summed E-state index contributed by atoms with van der Waals surface area (Å²) in [4.78, 5) is 13.3. The molecular weight excluding hydrogens is 392 g/mol. The van der Waals surface area contributed by atoms with E-state index in [1.807, 2.05) is 56.3 Å². The van der Waals surface area contributed by atoms with Crippen molar-refractivity contribution in [2.45, 2.75) is 23.9 Å². The van der Waals surface area contributed by atoms with E-state index in [9.17, 15) is 4.79 Å². The van der Waals surface area contributed by atoms with Crippen LogP contribution in [0.2, 0.25) is 0 Å². The van der Waals surface area contributed by atoms with Gasteiger partial charge in [-0.3, -0.25) is 4.79 Å². The molecule has 0 radical (unpaired) electrons. The molecule has 28 heavy (non-hydrogen) atoms. The van der Waals surface area contributed by atoms with Crippen LogP contribution in [0.1, 0.15) is 11.1 Å². The van der Waals surface area contributed by atoms with Crippen LogP contribution in [0.15, 0.2) is 52.5 Å². The van der Waals surface area contributed by atoms with Crippen LogP contribution in [-0.4, -0.2) is 37.6 Å². The highest BCUT2D eigenvalue weighted by atomic mass is 32.2. The van der Waals surface area contributed by atoms with E-state index in [1.165, 1.54) is 23.5 Å². The van der Waals surface area contributed by atoms with Gasteiger partial charge < -0.3 is 5.32 Å². The topological polar surface area (TPSA) is 96.5 Å². The number of nitrogens with zero attached hydrogens (tertiary/aromatic N) is 5. The molecule has 2 aromatic carbocycles. The van der Waals surface area contributed by atoms with E-state index in [-0.39, 0.29) is 11.7 Å². The van der Waals surface area contributed by atoms with Crippen molar-refractivity contribution in [1.82, 2.24) is 20.2 Å². The van der Waals surface area contributed by atoms with Crippen LogP contribution in [0.3, 0.4) is 0 Å². The lowest BCUT2D eigenvalue weighted by Crippen LogP contribution is -2.15. The molecule has 7 nitrogen and oxygen atoms in total. The number of carbonyl (C=O) groups excluding carboxylic acids is 1. The number of hydrogen-bond acceptors (Lipinski definition) is 7. The average molecular weight is 411 g/mol. The summed E-state index contributed by atoms with van der Waals surface area (Å²) in [5, 5.41) is 24.1. The molecule has 0 saturated carbocycles. The van der Waals surface area contributed by atoms with Gasteiger partial charge in [0, 0.05) is 4.90 Å². The molecule has 0 spiro atoms. The number of nitrogens with one attached hydrogen (secondary N) is 1. The van der Waals surface area contributed by atoms with Gasteiger partial charge in [0.2, 0.25) is 11.1 Å². The van der Waals surface area contributed by atoms with E-state index >= 15 is 0 Å². The van der Waals surface area contributed by atoms with E-state index < -0.39 is 0 Å². The van der Waals surface area contributed by atoms with Gasteiger partial charge in [-0.25, -0.2) is 0 Å². The van der Waals surface area contributed by atoms with E-state index in [1.54, 1.807) is 4.68 Å². The van der Waals surface area contributed by atoms with Gasteiger partial charge in [0.1, 0.15) is 0 Å². The van der Waals surface area contributed by atoms with Crippen LogP contribution in [0.5, 0.6) is 0 Å². The van der Waals surface area contributed by atoms with E-state index in [4.69, 9.17) is 5.26 Å². The molecule has 0 bridgehead atoms. The Morgan fingerprint density at radius 2 is 2.00 bits per heavy atom. The number of amides is 1. The molecule has 3 rings (SSSR count). The molecule has 1 amide bonds. The number of aromatic nitrogens is 4. The van der Waals surface area contributed by atoms with Gasteiger partial charge in [0.25, 0.3) is 0 Å². The molecular formula is C19H18N6OS2. The summed E-state index contributed by atoms with van der Waals surface area (Å²) in [6, 6.07) is 15.5. The predicted octanol–water partition coefficient (Wildman–Crippen LogP) is 3.63. The third kappa shape index (κ3) is 4.71. The minimum Gasteiger partial charge on any atom is -0.324 e. The van der Waals surface area contributed by atoms with Gasteiger partial charge in [-0.05, 0) is 53.6 Å². The number of nitriles is 1. The molecule has 0 aliphatic carbocycles. The van der Waals surface area contributed by atoms with Crippen LogP contribution < -0.4 is 5.32 Å². The standard InChI is InChI=1S/C19H18N6OS2/c1-13-6-5-8-16(14(13)2)25-19(22-23-24-25)28-12-18(26)21-15-7-3-4-9-17(15)27-11-10-20/h3-9H,11-12H2,1-2H3,(H,21,26). The van der Waals surface area contributed by atoms with Gasteiger partial charge in [0.05, 0.1) is 28.9 Å². The summed E-state index contributed by atoms with van der Waals surface area (Å²) < 4.78 is 1.65. The number of rotatable bonds is 7. The maximum atomic E-state index is 12.4. The first kappa shape index (κ1) is 19.9. The minimum atomic E-state index is -0.162. The summed E-state index contributed by atoms with van der Waals surface area (Å²) in [6.45, 7) is 4.05. The summed E-state index contributed by atoms with van der Waals surface area (Å²) in [7, 11) is 0. The Morgan fingerprint density at radius 1 is 1.18 bits per heavy atom. The number of benzene rings is 2. The SMILES string of the molecule is Cc1cccc(-n2nnnc2SCC(=O)Nc2ccccc2SCC#N)c1C. The number of para-hydroxylation sites is 1. The number of aryl methyl sites for hydroxylation is 1. The summed E-state index contributed by atoms with van der Waals surface area (Å²) in [6.07, 6.45) is 0. The Kier molecular flexibility index (Phi) is 6.68. The monoisotopic (exact) mass is 410 g/mol. The zero-order valence-electron chi connectivity index (χ0n) is 15.4. The highest BCUT2D eigenvalue weighted by molar-refractivity contribution is 8.00. The zero-order valence-corrected chi connectivity index (χ0v) is 17.0. The maximum Gasteiger partial charge on any atom is 0.234 e. The number of hydrogen-bond donors (Lipinski definition) is 1. The Hall–Kier alpha value is -2.83. The highest BCUT2D eigenvalue weighted by Crippen LogP contribution is 2.27. The Morgan fingerprint density at radius 3 is 2.82 bits per heavy atom. The average Bonchev–Trinajstić information content (AvgIpc) is 3.16. The fraction of sp³-hybridized carbons (Fsp3) is 0.211. The normalized spacial score (nSPS) is 10.5. The van der Waals surface area contributed by atoms with Crippen molar-refractivity contribution in [3.63, 3.8) is 0 Å². The Bertz CT molecular complexity index is 1030. The molecule has 3 aromatic rings. The quantitative estimate of drug-likeness (QED) is 0.594. The fourth-order valence-corrected chi connectivity index (χ4v) is 3.86. The first-order valence-electron chi connectivity index (χ1n) is 8.46. The number of tetrazole rings is 1. The molecule has 1 heterocycles. The molecule has 0 atom stereocenters. The molecule has 0 saturated heterocycles. The summed E-state index contributed by atoms with van der Waals surface area (Å²) in [5.41, 5.74) is 3.83. The van der Waals surface area contributed by atoms with Crippen LogP contribution in [-0.2, 0) is 4.79 Å². The Balaban J connectivity index is 1.68. The van der Waals surface area contributed by atoms with Crippen molar-refractivity contribution in [3.8, 4) is 11.8 Å². The van der Waals surface area contributed by atoms with Crippen molar-refractivity contribution in [3.05, 3.63) is 53.6 Å². The first-order valence-corrected chi connectivity index (χ1v) is 10.4. The third-order valence-corrected chi connectivity index (χ3v) is 5.89. The van der Waals surface area contributed by atoms with Crippen LogP contribution in [0.25, 0.3) is 5.69 Å². The van der Waals surface area contributed by atoms with Gasteiger partial charge in [-0.15, -0.1) is 16.9 Å². The summed E-state index contributed by atoms with van der Waals surface area (Å²) >= 11 is 2.66. The van der Waals surface area contributed by atoms with Crippen molar-refractivity contribution in [1.29, 1.82) is 5.26 Å². The van der Waals surface area contributed by atoms with Crippen molar-refractivity contribution in [2.75, 3.05) is 16.8 Å². The van der Waals surface area contributed by atoms with Crippen LogP contribution in [0, 0.1) is 25.2 Å². The van der Waals surface area contributed by atoms with Crippen molar-refractivity contribution < 1.29 is 4.79 Å². The minimum absolute atomic E-state index is 0.162. The van der Waals surface area contributed by atoms with E-state index in [0.29, 0.717) is 16.6 Å². The third-order valence-electron chi connectivity index (χ3n) is 4.03. The Labute approximate surface area is 171 Å². The molecule has 142 valence electrons. The maximum absolute atomic E-state index is 12.4. The van der Waals surface area contributed by atoms with Crippen molar-refractivity contribution in [2.24, 2.45) is 0 Å². The van der Waals surface area contributed by atoms with Gasteiger partial charge in [0.15, 0.2) is 0 Å². The van der Waals surface area contributed by atoms with Gasteiger partial charge in [-0.2, -0.15) is 9.94 Å². The first-order chi connectivity index (χ1) is 13.6. The second kappa shape index (κ2) is 9.39. The number of carbonyl (C=O) groups is 1. The lowest BCUT2D eigenvalue weighted by atomic mass is 10.1. The second-order valence-corrected chi connectivity index (χ2v) is 7.83. The predicted molar refractivity (Wildman–Crippen MR) is 111 cm³/mol. The van der Waals surface area contributed by atoms with Crippen molar-refractivity contribution >= 4 is 35.1 Å². The zero-order chi connectivity index (χ0) is 19.9. The number of anilines is 1.